The number of aryl methyl sites for hydroxylation is 3. The molecule has 0 saturated carbocycles. The van der Waals surface area contributed by atoms with Gasteiger partial charge in [-0.1, -0.05) is 37.3 Å². The van der Waals surface area contributed by atoms with Crippen molar-refractivity contribution in [2.75, 3.05) is 6.61 Å². The van der Waals surface area contributed by atoms with Crippen LogP contribution >= 0.6 is 0 Å². The third-order valence-corrected chi connectivity index (χ3v) is 4.70. The van der Waals surface area contributed by atoms with E-state index < -0.39 is 0 Å². The highest BCUT2D eigenvalue weighted by Gasteiger charge is 2.15. The molecule has 0 aromatic heterocycles. The minimum atomic E-state index is -0.0948. The molecular formula is C21H25NO2. The molecule has 0 spiro atoms. The smallest absolute Gasteiger partial charge is 0.258 e. The van der Waals surface area contributed by atoms with E-state index in [4.69, 9.17) is 4.74 Å². The molecule has 1 aliphatic carbocycles. The number of fused-ring (bicyclic) bond motifs is 1. The van der Waals surface area contributed by atoms with E-state index in [-0.39, 0.29) is 18.6 Å². The molecule has 126 valence electrons. The quantitative estimate of drug-likeness (QED) is 0.873. The Bertz CT molecular complexity index is 706. The lowest BCUT2D eigenvalue weighted by Crippen LogP contribution is -2.31. The average Bonchev–Trinajstić information content (AvgIpc) is 3.08. The Balaban J connectivity index is 1.52. The summed E-state index contributed by atoms with van der Waals surface area (Å²) in [6, 6.07) is 14.4. The van der Waals surface area contributed by atoms with E-state index in [2.05, 4.69) is 30.4 Å². The summed E-state index contributed by atoms with van der Waals surface area (Å²) in [5.74, 6) is 0.634. The molecule has 0 bridgehead atoms. The van der Waals surface area contributed by atoms with E-state index in [1.54, 1.807) is 0 Å². The third-order valence-electron chi connectivity index (χ3n) is 4.70. The highest BCUT2D eigenvalue weighted by molar-refractivity contribution is 5.78. The molecule has 1 N–H and O–H groups in total. The predicted molar refractivity (Wildman–Crippen MR) is 96.3 cm³/mol. The van der Waals surface area contributed by atoms with Crippen LogP contribution in [0.15, 0.2) is 42.5 Å². The van der Waals surface area contributed by atoms with Crippen LogP contribution in [-0.4, -0.2) is 12.5 Å². The van der Waals surface area contributed by atoms with Gasteiger partial charge in [-0.15, -0.1) is 0 Å². The lowest BCUT2D eigenvalue weighted by molar-refractivity contribution is -0.123. The summed E-state index contributed by atoms with van der Waals surface area (Å²) in [7, 11) is 0. The molecule has 0 saturated heterocycles. The van der Waals surface area contributed by atoms with Crippen LogP contribution in [0, 0.1) is 0 Å². The van der Waals surface area contributed by atoms with Crippen LogP contribution in [0.3, 0.4) is 0 Å². The zero-order chi connectivity index (χ0) is 16.9. The first-order valence-corrected chi connectivity index (χ1v) is 8.78. The van der Waals surface area contributed by atoms with E-state index in [9.17, 15) is 4.79 Å². The second kappa shape index (κ2) is 7.52. The van der Waals surface area contributed by atoms with Crippen molar-refractivity contribution in [2.45, 2.75) is 45.6 Å². The molecule has 2 aromatic carbocycles. The van der Waals surface area contributed by atoms with Gasteiger partial charge in [-0.3, -0.25) is 4.79 Å². The Hall–Kier alpha value is -2.29. The first-order valence-electron chi connectivity index (χ1n) is 8.78. The highest BCUT2D eigenvalue weighted by atomic mass is 16.5. The van der Waals surface area contributed by atoms with E-state index in [0.717, 1.165) is 24.2 Å². The lowest BCUT2D eigenvalue weighted by atomic mass is 10.0. The molecule has 0 unspecified atom stereocenters. The standard InChI is InChI=1S/C21H25NO2/c1-3-16-7-11-20(12-8-16)24-14-21(23)22-15(2)18-10-9-17-5-4-6-19(17)13-18/h7-13,15H,3-6,14H2,1-2H3,(H,22,23)/t15-/m0/s1. The molecule has 0 aliphatic heterocycles. The van der Waals surface area contributed by atoms with Gasteiger partial charge < -0.3 is 10.1 Å². The molecule has 3 rings (SSSR count). The summed E-state index contributed by atoms with van der Waals surface area (Å²) >= 11 is 0. The molecule has 2 aromatic rings. The fourth-order valence-corrected chi connectivity index (χ4v) is 3.20. The largest absolute Gasteiger partial charge is 0.484 e. The maximum Gasteiger partial charge on any atom is 0.258 e. The van der Waals surface area contributed by atoms with Crippen LogP contribution < -0.4 is 10.1 Å². The summed E-state index contributed by atoms with van der Waals surface area (Å²) in [4.78, 5) is 12.1. The van der Waals surface area contributed by atoms with Gasteiger partial charge in [0.25, 0.3) is 5.91 Å². The Morgan fingerprint density at radius 3 is 2.62 bits per heavy atom. The number of hydrogen-bond acceptors (Lipinski definition) is 2. The number of ether oxygens (including phenoxy) is 1. The van der Waals surface area contributed by atoms with E-state index in [1.165, 1.54) is 29.5 Å². The number of rotatable bonds is 6. The summed E-state index contributed by atoms with van der Waals surface area (Å²) in [5.41, 5.74) is 5.31. The number of nitrogens with one attached hydrogen (secondary N) is 1. The van der Waals surface area contributed by atoms with Gasteiger partial charge in [-0.25, -0.2) is 0 Å². The average molecular weight is 323 g/mol. The van der Waals surface area contributed by atoms with Crippen LogP contribution in [0.4, 0.5) is 0 Å². The zero-order valence-electron chi connectivity index (χ0n) is 14.5. The zero-order valence-corrected chi connectivity index (χ0v) is 14.5. The number of carbonyl (C=O) groups excluding carboxylic acids is 1. The highest BCUT2D eigenvalue weighted by Crippen LogP contribution is 2.25. The predicted octanol–water partition coefficient (Wildman–Crippen LogP) is 3.99. The van der Waals surface area contributed by atoms with Gasteiger partial charge in [0.2, 0.25) is 0 Å². The van der Waals surface area contributed by atoms with Crippen molar-refractivity contribution >= 4 is 5.91 Å². The molecule has 0 fully saturated rings. The van der Waals surface area contributed by atoms with Gasteiger partial charge in [-0.05, 0) is 67.0 Å². The Morgan fingerprint density at radius 1 is 1.12 bits per heavy atom. The minimum absolute atomic E-state index is 0.00512. The van der Waals surface area contributed by atoms with Gasteiger partial charge in [-0.2, -0.15) is 0 Å². The van der Waals surface area contributed by atoms with Crippen LogP contribution in [0.2, 0.25) is 0 Å². The molecule has 1 aliphatic rings. The summed E-state index contributed by atoms with van der Waals surface area (Å²) in [5, 5.41) is 3.02. The molecule has 3 nitrogen and oxygen atoms in total. The fourth-order valence-electron chi connectivity index (χ4n) is 3.20. The Labute approximate surface area is 144 Å². The third kappa shape index (κ3) is 3.97. The monoisotopic (exact) mass is 323 g/mol. The van der Waals surface area contributed by atoms with Crippen LogP contribution in [0.25, 0.3) is 0 Å². The topological polar surface area (TPSA) is 38.3 Å². The van der Waals surface area contributed by atoms with Gasteiger partial charge in [0.05, 0.1) is 6.04 Å². The molecular weight excluding hydrogens is 298 g/mol. The number of amides is 1. The van der Waals surface area contributed by atoms with E-state index in [0.29, 0.717) is 0 Å². The maximum absolute atomic E-state index is 12.1. The van der Waals surface area contributed by atoms with Crippen molar-refractivity contribution < 1.29 is 9.53 Å². The number of carbonyl (C=O) groups is 1. The second-order valence-electron chi connectivity index (χ2n) is 6.46. The van der Waals surface area contributed by atoms with E-state index in [1.807, 2.05) is 31.2 Å². The van der Waals surface area contributed by atoms with Crippen molar-refractivity contribution in [2.24, 2.45) is 0 Å². The van der Waals surface area contributed by atoms with Gasteiger partial charge >= 0.3 is 0 Å². The molecule has 0 heterocycles. The summed E-state index contributed by atoms with van der Waals surface area (Å²) in [6.07, 6.45) is 4.57. The Morgan fingerprint density at radius 2 is 1.88 bits per heavy atom. The molecule has 1 amide bonds. The van der Waals surface area contributed by atoms with Crippen LogP contribution in [0.1, 0.15) is 48.6 Å². The van der Waals surface area contributed by atoms with Crippen LogP contribution in [-0.2, 0) is 24.1 Å². The summed E-state index contributed by atoms with van der Waals surface area (Å²) in [6.45, 7) is 4.18. The first-order chi connectivity index (χ1) is 11.7. The fraction of sp³-hybridized carbons (Fsp3) is 0.381. The summed E-state index contributed by atoms with van der Waals surface area (Å²) < 4.78 is 5.57. The van der Waals surface area contributed by atoms with Crippen molar-refractivity contribution in [1.29, 1.82) is 0 Å². The van der Waals surface area contributed by atoms with Crippen LogP contribution in [0.5, 0.6) is 5.75 Å². The van der Waals surface area contributed by atoms with Gasteiger partial charge in [0.1, 0.15) is 5.75 Å². The Kier molecular flexibility index (Phi) is 5.19. The van der Waals surface area contributed by atoms with Crippen molar-refractivity contribution in [3.05, 3.63) is 64.7 Å². The molecule has 0 radical (unpaired) electrons. The lowest BCUT2D eigenvalue weighted by Gasteiger charge is -2.16. The van der Waals surface area contributed by atoms with Crippen molar-refractivity contribution in [3.8, 4) is 5.75 Å². The van der Waals surface area contributed by atoms with Crippen molar-refractivity contribution in [1.82, 2.24) is 5.32 Å². The van der Waals surface area contributed by atoms with E-state index >= 15 is 0 Å². The normalized spacial score (nSPS) is 14.1. The minimum Gasteiger partial charge on any atom is -0.484 e. The van der Waals surface area contributed by atoms with Crippen molar-refractivity contribution in [3.63, 3.8) is 0 Å². The number of benzene rings is 2. The maximum atomic E-state index is 12.1. The molecule has 24 heavy (non-hydrogen) atoms. The number of hydrogen-bond donors (Lipinski definition) is 1. The molecule has 1 atom stereocenters. The second-order valence-corrected chi connectivity index (χ2v) is 6.46. The molecule has 3 heteroatoms. The van der Waals surface area contributed by atoms with Gasteiger partial charge in [0.15, 0.2) is 6.61 Å². The first kappa shape index (κ1) is 16.6. The van der Waals surface area contributed by atoms with Gasteiger partial charge in [0, 0.05) is 0 Å². The SMILES string of the molecule is CCc1ccc(OCC(=O)N[C@@H](C)c2ccc3c(c2)CCC3)cc1.